The van der Waals surface area contributed by atoms with Crippen LogP contribution in [0, 0.1) is 12.7 Å². The van der Waals surface area contributed by atoms with Gasteiger partial charge in [-0.25, -0.2) is 4.39 Å². The molecule has 104 valence electrons. The Kier molecular flexibility index (Phi) is 4.53. The maximum Gasteiger partial charge on any atom is 0.254 e. The number of carbonyl (C=O) groups excluding carboxylic acids is 1. The number of benzene rings is 1. The molecular formula is C15H21FN2O. The summed E-state index contributed by atoms with van der Waals surface area (Å²) in [6.45, 7) is 3.07. The molecule has 1 aliphatic carbocycles. The van der Waals surface area contributed by atoms with Crippen molar-refractivity contribution in [1.29, 1.82) is 0 Å². The van der Waals surface area contributed by atoms with Crippen molar-refractivity contribution in [3.05, 3.63) is 35.1 Å². The zero-order valence-electron chi connectivity index (χ0n) is 11.4. The quantitative estimate of drug-likeness (QED) is 0.888. The van der Waals surface area contributed by atoms with Gasteiger partial charge in [0.05, 0.1) is 0 Å². The minimum atomic E-state index is -0.360. The molecule has 0 heterocycles. The minimum Gasteiger partial charge on any atom is -0.336 e. The third kappa shape index (κ3) is 3.13. The Labute approximate surface area is 113 Å². The van der Waals surface area contributed by atoms with Crippen molar-refractivity contribution in [1.82, 2.24) is 4.90 Å². The van der Waals surface area contributed by atoms with Crippen LogP contribution in [0.1, 0.15) is 41.6 Å². The molecule has 4 heteroatoms. The molecule has 1 aromatic rings. The lowest BCUT2D eigenvalue weighted by Crippen LogP contribution is -2.45. The van der Waals surface area contributed by atoms with Crippen LogP contribution in [0.5, 0.6) is 0 Å². The van der Waals surface area contributed by atoms with Crippen molar-refractivity contribution in [3.8, 4) is 0 Å². The maximum atomic E-state index is 13.3. The molecule has 2 N–H and O–H groups in total. The summed E-state index contributed by atoms with van der Waals surface area (Å²) in [6, 6.07) is 4.69. The van der Waals surface area contributed by atoms with Crippen molar-refractivity contribution in [3.63, 3.8) is 0 Å². The van der Waals surface area contributed by atoms with Crippen LogP contribution in [0.2, 0.25) is 0 Å². The second-order valence-electron chi connectivity index (χ2n) is 5.18. The number of hydrogen-bond acceptors (Lipinski definition) is 2. The van der Waals surface area contributed by atoms with Gasteiger partial charge in [0.2, 0.25) is 0 Å². The fourth-order valence-corrected chi connectivity index (χ4v) is 2.39. The van der Waals surface area contributed by atoms with E-state index in [1.165, 1.54) is 18.6 Å². The number of halogens is 1. The van der Waals surface area contributed by atoms with Crippen molar-refractivity contribution < 1.29 is 9.18 Å². The molecule has 0 radical (unpaired) electrons. The molecule has 0 spiro atoms. The molecule has 0 aliphatic heterocycles. The lowest BCUT2D eigenvalue weighted by Gasteiger charge is -2.38. The molecule has 0 bridgehead atoms. The van der Waals surface area contributed by atoms with E-state index in [4.69, 9.17) is 5.73 Å². The summed E-state index contributed by atoms with van der Waals surface area (Å²) in [4.78, 5) is 14.4. The molecular weight excluding hydrogens is 243 g/mol. The zero-order valence-corrected chi connectivity index (χ0v) is 11.4. The minimum absolute atomic E-state index is 0.0600. The van der Waals surface area contributed by atoms with Crippen LogP contribution >= 0.6 is 0 Å². The SMILES string of the molecule is Cc1ccc(F)cc1C(=O)N(CCCN)C1CCC1. The highest BCUT2D eigenvalue weighted by Crippen LogP contribution is 2.27. The van der Waals surface area contributed by atoms with Gasteiger partial charge < -0.3 is 10.6 Å². The second kappa shape index (κ2) is 6.15. The highest BCUT2D eigenvalue weighted by Gasteiger charge is 2.29. The van der Waals surface area contributed by atoms with Gasteiger partial charge in [0.25, 0.3) is 5.91 Å². The molecule has 0 atom stereocenters. The highest BCUT2D eigenvalue weighted by molar-refractivity contribution is 5.95. The number of carbonyl (C=O) groups is 1. The largest absolute Gasteiger partial charge is 0.336 e. The first-order chi connectivity index (χ1) is 9.13. The molecule has 0 unspecified atom stereocenters. The third-order valence-corrected chi connectivity index (χ3v) is 3.81. The van der Waals surface area contributed by atoms with Crippen LogP contribution < -0.4 is 5.73 Å². The molecule has 1 amide bonds. The predicted molar refractivity (Wildman–Crippen MR) is 73.5 cm³/mol. The number of rotatable bonds is 5. The Morgan fingerprint density at radius 2 is 2.21 bits per heavy atom. The van der Waals surface area contributed by atoms with Gasteiger partial charge >= 0.3 is 0 Å². The fraction of sp³-hybridized carbons (Fsp3) is 0.533. The van der Waals surface area contributed by atoms with E-state index in [0.717, 1.165) is 24.8 Å². The first kappa shape index (κ1) is 14.0. The first-order valence-electron chi connectivity index (χ1n) is 6.90. The van der Waals surface area contributed by atoms with Crippen LogP contribution in [-0.4, -0.2) is 29.9 Å². The summed E-state index contributed by atoms with van der Waals surface area (Å²) in [5.74, 6) is -0.420. The van der Waals surface area contributed by atoms with Crippen molar-refractivity contribution in [2.24, 2.45) is 5.73 Å². The average Bonchev–Trinajstić information content (AvgIpc) is 2.34. The standard InChI is InChI=1S/C15H21FN2O/c1-11-6-7-12(16)10-14(11)15(19)18(9-3-8-17)13-4-2-5-13/h6-7,10,13H,2-5,8-9,17H2,1H3. The van der Waals surface area contributed by atoms with Crippen molar-refractivity contribution in [2.75, 3.05) is 13.1 Å². The lowest BCUT2D eigenvalue weighted by molar-refractivity contribution is 0.0577. The second-order valence-corrected chi connectivity index (χ2v) is 5.18. The zero-order chi connectivity index (χ0) is 13.8. The smallest absolute Gasteiger partial charge is 0.254 e. The van der Waals surface area contributed by atoms with E-state index in [-0.39, 0.29) is 11.7 Å². The Morgan fingerprint density at radius 1 is 1.47 bits per heavy atom. The Hall–Kier alpha value is -1.42. The van der Waals surface area contributed by atoms with Gasteiger partial charge in [0.1, 0.15) is 5.82 Å². The van der Waals surface area contributed by atoms with Crippen LogP contribution in [0.3, 0.4) is 0 Å². The first-order valence-corrected chi connectivity index (χ1v) is 6.90. The summed E-state index contributed by atoms with van der Waals surface area (Å²) in [6.07, 6.45) is 4.05. The summed E-state index contributed by atoms with van der Waals surface area (Å²) in [5.41, 5.74) is 6.83. The van der Waals surface area contributed by atoms with Gasteiger partial charge in [-0.15, -0.1) is 0 Å². The fourth-order valence-electron chi connectivity index (χ4n) is 2.39. The summed E-state index contributed by atoms with van der Waals surface area (Å²) in [5, 5.41) is 0. The van der Waals surface area contributed by atoms with Crippen LogP contribution in [0.4, 0.5) is 4.39 Å². The maximum absolute atomic E-state index is 13.3. The van der Waals surface area contributed by atoms with Gasteiger partial charge in [-0.05, 0) is 56.8 Å². The van der Waals surface area contributed by atoms with Gasteiger partial charge in [-0.2, -0.15) is 0 Å². The van der Waals surface area contributed by atoms with E-state index >= 15 is 0 Å². The van der Waals surface area contributed by atoms with Crippen molar-refractivity contribution >= 4 is 5.91 Å². The third-order valence-electron chi connectivity index (χ3n) is 3.81. The summed E-state index contributed by atoms with van der Waals surface area (Å²) >= 11 is 0. The van der Waals surface area contributed by atoms with E-state index in [0.29, 0.717) is 24.7 Å². The molecule has 1 fully saturated rings. The van der Waals surface area contributed by atoms with Gasteiger partial charge in [-0.3, -0.25) is 4.79 Å². The Morgan fingerprint density at radius 3 is 2.79 bits per heavy atom. The van der Waals surface area contributed by atoms with Crippen LogP contribution in [-0.2, 0) is 0 Å². The van der Waals surface area contributed by atoms with E-state index < -0.39 is 0 Å². The van der Waals surface area contributed by atoms with E-state index in [1.807, 2.05) is 11.8 Å². The molecule has 1 aromatic carbocycles. The molecule has 2 rings (SSSR count). The number of hydrogen-bond donors (Lipinski definition) is 1. The average molecular weight is 264 g/mol. The molecule has 0 aromatic heterocycles. The van der Waals surface area contributed by atoms with Crippen LogP contribution in [0.15, 0.2) is 18.2 Å². The topological polar surface area (TPSA) is 46.3 Å². The number of nitrogens with two attached hydrogens (primary N) is 1. The highest BCUT2D eigenvalue weighted by atomic mass is 19.1. The number of nitrogens with zero attached hydrogens (tertiary/aromatic N) is 1. The lowest BCUT2D eigenvalue weighted by atomic mass is 9.90. The van der Waals surface area contributed by atoms with Gasteiger partial charge in [0.15, 0.2) is 0 Å². The number of aryl methyl sites for hydroxylation is 1. The van der Waals surface area contributed by atoms with E-state index in [1.54, 1.807) is 6.07 Å². The number of amides is 1. The van der Waals surface area contributed by atoms with Crippen LogP contribution in [0.25, 0.3) is 0 Å². The van der Waals surface area contributed by atoms with E-state index in [2.05, 4.69) is 0 Å². The Bertz CT molecular complexity index is 457. The molecule has 19 heavy (non-hydrogen) atoms. The predicted octanol–water partition coefficient (Wildman–Crippen LogP) is 2.48. The molecule has 1 saturated carbocycles. The summed E-state index contributed by atoms with van der Waals surface area (Å²) in [7, 11) is 0. The summed E-state index contributed by atoms with van der Waals surface area (Å²) < 4.78 is 13.3. The van der Waals surface area contributed by atoms with Crippen molar-refractivity contribution in [2.45, 2.75) is 38.6 Å². The monoisotopic (exact) mass is 264 g/mol. The molecule has 3 nitrogen and oxygen atoms in total. The normalized spacial score (nSPS) is 15.1. The van der Waals surface area contributed by atoms with E-state index in [9.17, 15) is 9.18 Å². The molecule has 0 saturated heterocycles. The molecule has 1 aliphatic rings. The Balaban J connectivity index is 2.19. The van der Waals surface area contributed by atoms with Gasteiger partial charge in [-0.1, -0.05) is 6.07 Å². The van der Waals surface area contributed by atoms with Gasteiger partial charge in [0, 0.05) is 18.2 Å².